The SMILES string of the molecule is CC1CC(C)CC2(C1)OCCNC2CC(C)(C)C. The van der Waals surface area contributed by atoms with Gasteiger partial charge < -0.3 is 10.1 Å². The number of rotatable bonds is 1. The van der Waals surface area contributed by atoms with Gasteiger partial charge in [-0.3, -0.25) is 0 Å². The number of nitrogens with one attached hydrogen (secondary N) is 1. The van der Waals surface area contributed by atoms with Crippen LogP contribution in [0.15, 0.2) is 0 Å². The molecule has 18 heavy (non-hydrogen) atoms. The molecule has 2 rings (SSSR count). The van der Waals surface area contributed by atoms with E-state index in [1.165, 1.54) is 25.7 Å². The second kappa shape index (κ2) is 5.13. The maximum atomic E-state index is 6.34. The zero-order valence-corrected chi connectivity index (χ0v) is 12.9. The van der Waals surface area contributed by atoms with Gasteiger partial charge >= 0.3 is 0 Å². The molecule has 1 heterocycles. The van der Waals surface area contributed by atoms with Crippen molar-refractivity contribution in [2.24, 2.45) is 17.3 Å². The molecule has 0 amide bonds. The minimum atomic E-state index is 0.114. The van der Waals surface area contributed by atoms with Crippen LogP contribution in [-0.4, -0.2) is 24.8 Å². The van der Waals surface area contributed by atoms with Gasteiger partial charge in [0.25, 0.3) is 0 Å². The summed E-state index contributed by atoms with van der Waals surface area (Å²) in [6, 6.07) is 0.538. The summed E-state index contributed by atoms with van der Waals surface area (Å²) in [5.41, 5.74) is 0.484. The van der Waals surface area contributed by atoms with Crippen LogP contribution in [0.1, 0.15) is 60.3 Å². The molecule has 1 saturated carbocycles. The summed E-state index contributed by atoms with van der Waals surface area (Å²) in [6.45, 7) is 13.7. The molecule has 0 bridgehead atoms. The van der Waals surface area contributed by atoms with Gasteiger partial charge in [-0.15, -0.1) is 0 Å². The monoisotopic (exact) mass is 253 g/mol. The first-order chi connectivity index (χ1) is 8.31. The fourth-order valence-electron chi connectivity index (χ4n) is 4.16. The van der Waals surface area contributed by atoms with E-state index in [4.69, 9.17) is 4.74 Å². The van der Waals surface area contributed by atoms with Gasteiger partial charge in [-0.2, -0.15) is 0 Å². The van der Waals surface area contributed by atoms with E-state index in [1.54, 1.807) is 0 Å². The van der Waals surface area contributed by atoms with E-state index < -0.39 is 0 Å². The van der Waals surface area contributed by atoms with Crippen molar-refractivity contribution in [1.29, 1.82) is 0 Å². The Morgan fingerprint density at radius 3 is 2.33 bits per heavy atom. The van der Waals surface area contributed by atoms with Gasteiger partial charge in [0.15, 0.2) is 0 Å². The van der Waals surface area contributed by atoms with E-state index >= 15 is 0 Å². The van der Waals surface area contributed by atoms with Gasteiger partial charge in [0.2, 0.25) is 0 Å². The van der Waals surface area contributed by atoms with Crippen LogP contribution >= 0.6 is 0 Å². The van der Waals surface area contributed by atoms with Gasteiger partial charge in [-0.05, 0) is 42.9 Å². The van der Waals surface area contributed by atoms with Gasteiger partial charge in [0.05, 0.1) is 12.2 Å². The average Bonchev–Trinajstić information content (AvgIpc) is 2.18. The van der Waals surface area contributed by atoms with Gasteiger partial charge in [-0.1, -0.05) is 34.6 Å². The predicted octanol–water partition coefficient (Wildman–Crippen LogP) is 3.61. The Kier molecular flexibility index (Phi) is 4.08. The third kappa shape index (κ3) is 3.27. The standard InChI is InChI=1S/C16H31NO/c1-12-8-13(2)10-16(9-12)14(11-15(3,4)5)17-6-7-18-16/h12-14,17H,6-11H2,1-5H3. The summed E-state index contributed by atoms with van der Waals surface area (Å²) in [5, 5.41) is 3.75. The normalized spacial score (nSPS) is 42.2. The smallest absolute Gasteiger partial charge is 0.0840 e. The molecule has 0 aromatic carbocycles. The summed E-state index contributed by atoms with van der Waals surface area (Å²) in [6.07, 6.45) is 5.07. The molecular formula is C16H31NO. The Hall–Kier alpha value is -0.0800. The molecule has 2 heteroatoms. The fraction of sp³-hybridized carbons (Fsp3) is 1.00. The predicted molar refractivity (Wildman–Crippen MR) is 76.7 cm³/mol. The van der Waals surface area contributed by atoms with Crippen molar-refractivity contribution in [2.75, 3.05) is 13.2 Å². The topological polar surface area (TPSA) is 21.3 Å². The molecule has 2 aliphatic rings. The third-order valence-corrected chi connectivity index (χ3v) is 4.53. The Labute approximate surface area is 113 Å². The molecule has 1 aliphatic heterocycles. The molecular weight excluding hydrogens is 222 g/mol. The lowest BCUT2D eigenvalue weighted by molar-refractivity contribution is -0.142. The second-order valence-corrected chi connectivity index (χ2v) is 8.04. The quantitative estimate of drug-likeness (QED) is 0.771. The highest BCUT2D eigenvalue weighted by molar-refractivity contribution is 5.01. The zero-order valence-electron chi connectivity index (χ0n) is 12.9. The van der Waals surface area contributed by atoms with Crippen molar-refractivity contribution >= 4 is 0 Å². The van der Waals surface area contributed by atoms with Crippen molar-refractivity contribution in [3.8, 4) is 0 Å². The summed E-state index contributed by atoms with van der Waals surface area (Å²) < 4.78 is 6.34. The van der Waals surface area contributed by atoms with E-state index in [2.05, 4.69) is 39.9 Å². The minimum absolute atomic E-state index is 0.114. The molecule has 1 aliphatic carbocycles. The van der Waals surface area contributed by atoms with Gasteiger partial charge in [-0.25, -0.2) is 0 Å². The first-order valence-electron chi connectivity index (χ1n) is 7.68. The Morgan fingerprint density at radius 2 is 1.78 bits per heavy atom. The Morgan fingerprint density at radius 1 is 1.17 bits per heavy atom. The van der Waals surface area contributed by atoms with Crippen LogP contribution in [0.25, 0.3) is 0 Å². The maximum absolute atomic E-state index is 6.34. The fourth-order valence-corrected chi connectivity index (χ4v) is 4.16. The number of hydrogen-bond acceptors (Lipinski definition) is 2. The van der Waals surface area contributed by atoms with Crippen molar-refractivity contribution in [1.82, 2.24) is 5.32 Å². The van der Waals surface area contributed by atoms with Crippen molar-refractivity contribution < 1.29 is 4.74 Å². The molecule has 1 N–H and O–H groups in total. The largest absolute Gasteiger partial charge is 0.372 e. The van der Waals surface area contributed by atoms with Crippen LogP contribution in [0, 0.1) is 17.3 Å². The first kappa shape index (κ1) is 14.3. The third-order valence-electron chi connectivity index (χ3n) is 4.53. The van der Waals surface area contributed by atoms with E-state index in [0.717, 1.165) is 25.0 Å². The van der Waals surface area contributed by atoms with Crippen LogP contribution in [0.4, 0.5) is 0 Å². The number of hydrogen-bond donors (Lipinski definition) is 1. The van der Waals surface area contributed by atoms with E-state index in [9.17, 15) is 0 Å². The molecule has 1 saturated heterocycles. The second-order valence-electron chi connectivity index (χ2n) is 8.04. The molecule has 0 radical (unpaired) electrons. The van der Waals surface area contributed by atoms with Crippen LogP contribution < -0.4 is 5.32 Å². The molecule has 1 spiro atoms. The van der Waals surface area contributed by atoms with Crippen LogP contribution in [0.5, 0.6) is 0 Å². The van der Waals surface area contributed by atoms with Crippen molar-refractivity contribution in [3.05, 3.63) is 0 Å². The van der Waals surface area contributed by atoms with Crippen molar-refractivity contribution in [3.63, 3.8) is 0 Å². The minimum Gasteiger partial charge on any atom is -0.372 e. The van der Waals surface area contributed by atoms with Gasteiger partial charge in [0.1, 0.15) is 0 Å². The van der Waals surface area contributed by atoms with Crippen molar-refractivity contribution in [2.45, 2.75) is 71.9 Å². The van der Waals surface area contributed by atoms with Gasteiger partial charge in [0, 0.05) is 12.6 Å². The molecule has 3 atom stereocenters. The highest BCUT2D eigenvalue weighted by Gasteiger charge is 2.47. The summed E-state index contributed by atoms with van der Waals surface area (Å²) >= 11 is 0. The van der Waals surface area contributed by atoms with Crippen LogP contribution in [-0.2, 0) is 4.74 Å². The maximum Gasteiger partial charge on any atom is 0.0840 e. The first-order valence-corrected chi connectivity index (χ1v) is 7.68. The van der Waals surface area contributed by atoms with E-state index in [0.29, 0.717) is 11.5 Å². The molecule has 3 unspecified atom stereocenters. The Balaban J connectivity index is 2.15. The lowest BCUT2D eigenvalue weighted by Crippen LogP contribution is -2.61. The molecule has 106 valence electrons. The summed E-state index contributed by atoms with van der Waals surface area (Å²) in [5.74, 6) is 1.60. The average molecular weight is 253 g/mol. The highest BCUT2D eigenvalue weighted by atomic mass is 16.5. The molecule has 0 aromatic heterocycles. The highest BCUT2D eigenvalue weighted by Crippen LogP contribution is 2.44. The van der Waals surface area contributed by atoms with Crippen LogP contribution in [0.2, 0.25) is 0 Å². The summed E-state index contributed by atoms with van der Waals surface area (Å²) in [4.78, 5) is 0. The van der Waals surface area contributed by atoms with Crippen LogP contribution in [0.3, 0.4) is 0 Å². The lowest BCUT2D eigenvalue weighted by atomic mass is 9.67. The number of ether oxygens (including phenoxy) is 1. The lowest BCUT2D eigenvalue weighted by Gasteiger charge is -2.51. The zero-order chi connectivity index (χ0) is 13.4. The number of morpholine rings is 1. The summed E-state index contributed by atoms with van der Waals surface area (Å²) in [7, 11) is 0. The Bertz CT molecular complexity index is 271. The molecule has 2 fully saturated rings. The molecule has 0 aromatic rings. The molecule has 2 nitrogen and oxygen atoms in total. The van der Waals surface area contributed by atoms with E-state index in [-0.39, 0.29) is 5.60 Å². The van der Waals surface area contributed by atoms with E-state index in [1.807, 2.05) is 0 Å².